The van der Waals surface area contributed by atoms with Crippen molar-refractivity contribution in [1.82, 2.24) is 0 Å². The molecule has 6 nitrogen and oxygen atoms in total. The van der Waals surface area contributed by atoms with Gasteiger partial charge in [0.25, 0.3) is 11.6 Å². The first kappa shape index (κ1) is 17.8. The second kappa shape index (κ2) is 7.88. The number of carbonyl (C=O) groups is 1. The summed E-state index contributed by atoms with van der Waals surface area (Å²) in [4.78, 5) is 24.2. The number of hydrogen-bond acceptors (Lipinski definition) is 5. The number of carbonyl (C=O) groups excluding carboxylic acids is 1. The predicted octanol–water partition coefficient (Wildman–Crippen LogP) is 5.04. The van der Waals surface area contributed by atoms with Gasteiger partial charge in [0.15, 0.2) is 5.76 Å². The van der Waals surface area contributed by atoms with Crippen LogP contribution in [-0.4, -0.2) is 10.8 Å². The van der Waals surface area contributed by atoms with E-state index in [0.717, 1.165) is 10.5 Å². The average molecular weight is 368 g/mol. The predicted molar refractivity (Wildman–Crippen MR) is 100 cm³/mol. The zero-order valence-corrected chi connectivity index (χ0v) is 14.8. The van der Waals surface area contributed by atoms with Crippen LogP contribution in [0.25, 0.3) is 0 Å². The number of anilines is 1. The number of hydrogen-bond donors (Lipinski definition) is 1. The van der Waals surface area contributed by atoms with Crippen molar-refractivity contribution in [2.24, 2.45) is 0 Å². The van der Waals surface area contributed by atoms with Crippen molar-refractivity contribution in [3.05, 3.63) is 87.9 Å². The fraction of sp³-hybridized carbons (Fsp3) is 0.105. The van der Waals surface area contributed by atoms with E-state index < -0.39 is 10.8 Å². The molecule has 0 atom stereocenters. The third kappa shape index (κ3) is 3.94. The summed E-state index contributed by atoms with van der Waals surface area (Å²) in [6.45, 7) is 1.60. The zero-order chi connectivity index (χ0) is 18.5. The zero-order valence-electron chi connectivity index (χ0n) is 14.0. The molecule has 0 fully saturated rings. The van der Waals surface area contributed by atoms with Gasteiger partial charge in [-0.2, -0.15) is 0 Å². The van der Waals surface area contributed by atoms with Crippen LogP contribution < -0.4 is 5.32 Å². The maximum Gasteiger partial charge on any atom is 0.291 e. The van der Waals surface area contributed by atoms with Gasteiger partial charge in [-0.25, -0.2) is 0 Å². The number of nitro benzene ring substituents is 1. The Labute approximate surface area is 154 Å². The van der Waals surface area contributed by atoms with Crippen molar-refractivity contribution in [1.29, 1.82) is 0 Å². The quantitative estimate of drug-likeness (QED) is 0.374. The lowest BCUT2D eigenvalue weighted by atomic mass is 10.1. The van der Waals surface area contributed by atoms with E-state index in [1.807, 2.05) is 30.3 Å². The molecule has 0 saturated heterocycles. The molecule has 0 radical (unpaired) electrons. The van der Waals surface area contributed by atoms with Crippen molar-refractivity contribution in [3.8, 4) is 0 Å². The van der Waals surface area contributed by atoms with Crippen molar-refractivity contribution in [2.45, 2.75) is 17.6 Å². The van der Waals surface area contributed by atoms with Gasteiger partial charge in [0, 0.05) is 22.3 Å². The summed E-state index contributed by atoms with van der Waals surface area (Å²) >= 11 is 1.60. The Morgan fingerprint density at radius 2 is 1.92 bits per heavy atom. The molecular weight excluding hydrogens is 352 g/mol. The molecule has 1 amide bonds. The van der Waals surface area contributed by atoms with Gasteiger partial charge in [-0.15, -0.1) is 11.8 Å². The molecule has 0 aliphatic heterocycles. The third-order valence-electron chi connectivity index (χ3n) is 3.84. The van der Waals surface area contributed by atoms with Crippen LogP contribution in [-0.2, 0) is 5.75 Å². The molecule has 26 heavy (non-hydrogen) atoms. The van der Waals surface area contributed by atoms with E-state index in [1.54, 1.807) is 30.8 Å². The summed E-state index contributed by atoms with van der Waals surface area (Å²) in [5.74, 6) is 0.360. The molecule has 0 saturated carbocycles. The van der Waals surface area contributed by atoms with Crippen LogP contribution in [0, 0.1) is 17.0 Å². The number of nitro groups is 1. The Hall–Kier alpha value is -3.06. The number of thioether (sulfide) groups is 1. The van der Waals surface area contributed by atoms with Crippen molar-refractivity contribution in [2.75, 3.05) is 5.32 Å². The second-order valence-corrected chi connectivity index (χ2v) is 6.59. The highest BCUT2D eigenvalue weighted by molar-refractivity contribution is 7.98. The second-order valence-electron chi connectivity index (χ2n) is 5.54. The minimum Gasteiger partial charge on any atom is -0.459 e. The summed E-state index contributed by atoms with van der Waals surface area (Å²) in [7, 11) is 0. The van der Waals surface area contributed by atoms with Gasteiger partial charge in [0.2, 0.25) is 0 Å². The molecule has 0 spiro atoms. The maximum absolute atomic E-state index is 12.6. The van der Waals surface area contributed by atoms with Gasteiger partial charge in [-0.3, -0.25) is 14.9 Å². The normalized spacial score (nSPS) is 10.5. The summed E-state index contributed by atoms with van der Waals surface area (Å²) in [5, 5.41) is 13.7. The Kier molecular flexibility index (Phi) is 5.38. The van der Waals surface area contributed by atoms with Gasteiger partial charge >= 0.3 is 0 Å². The van der Waals surface area contributed by atoms with E-state index in [9.17, 15) is 14.9 Å². The first-order chi connectivity index (χ1) is 12.6. The lowest BCUT2D eigenvalue weighted by Crippen LogP contribution is -2.14. The minimum atomic E-state index is -0.472. The summed E-state index contributed by atoms with van der Waals surface area (Å²) < 4.78 is 5.35. The number of benzene rings is 2. The molecule has 7 heteroatoms. The number of amides is 1. The van der Waals surface area contributed by atoms with E-state index in [2.05, 4.69) is 5.32 Å². The van der Waals surface area contributed by atoms with Crippen LogP contribution in [0.1, 0.15) is 21.7 Å². The summed E-state index contributed by atoms with van der Waals surface area (Å²) in [5.41, 5.74) is 1.52. The summed E-state index contributed by atoms with van der Waals surface area (Å²) in [6.07, 6.45) is 1.47. The smallest absolute Gasteiger partial charge is 0.291 e. The topological polar surface area (TPSA) is 85.4 Å². The van der Waals surface area contributed by atoms with E-state index in [0.29, 0.717) is 17.0 Å². The highest BCUT2D eigenvalue weighted by Crippen LogP contribution is 2.28. The molecule has 0 bridgehead atoms. The van der Waals surface area contributed by atoms with Gasteiger partial charge in [-0.05, 0) is 31.2 Å². The van der Waals surface area contributed by atoms with Gasteiger partial charge < -0.3 is 9.73 Å². The molecular formula is C19H16N2O4S. The van der Waals surface area contributed by atoms with Crippen LogP contribution in [0.3, 0.4) is 0 Å². The van der Waals surface area contributed by atoms with Crippen LogP contribution in [0.5, 0.6) is 0 Å². The lowest BCUT2D eigenvalue weighted by Gasteiger charge is -2.08. The first-order valence-corrected chi connectivity index (χ1v) is 8.84. The Morgan fingerprint density at radius 3 is 2.65 bits per heavy atom. The van der Waals surface area contributed by atoms with E-state index in [4.69, 9.17) is 4.42 Å². The minimum absolute atomic E-state index is 0.0397. The van der Waals surface area contributed by atoms with Crippen LogP contribution in [0.15, 0.2) is 70.2 Å². The number of nitrogens with zero attached hydrogens (tertiary/aromatic N) is 1. The van der Waals surface area contributed by atoms with E-state index in [-0.39, 0.29) is 11.4 Å². The van der Waals surface area contributed by atoms with E-state index >= 15 is 0 Å². The number of furan rings is 1. The van der Waals surface area contributed by atoms with Crippen molar-refractivity contribution >= 4 is 29.0 Å². The van der Waals surface area contributed by atoms with Crippen LogP contribution >= 0.6 is 11.8 Å². The highest BCUT2D eigenvalue weighted by Gasteiger charge is 2.19. The lowest BCUT2D eigenvalue weighted by molar-refractivity contribution is -0.385. The monoisotopic (exact) mass is 368 g/mol. The number of rotatable bonds is 6. The first-order valence-electron chi connectivity index (χ1n) is 7.86. The average Bonchev–Trinajstić information content (AvgIpc) is 3.11. The van der Waals surface area contributed by atoms with Crippen molar-refractivity contribution < 1.29 is 14.1 Å². The standard InChI is InChI=1S/C19H16N2O4S/c1-13-16(8-5-9-17(13)21(23)24)20-19(22)18-14(10-11-25-18)12-26-15-6-3-2-4-7-15/h2-11H,12H2,1H3,(H,20,22). The molecule has 2 aromatic carbocycles. The van der Waals surface area contributed by atoms with Gasteiger partial charge in [-0.1, -0.05) is 24.3 Å². The van der Waals surface area contributed by atoms with E-state index in [1.165, 1.54) is 18.4 Å². The molecule has 3 aromatic rings. The molecule has 132 valence electrons. The Bertz CT molecular complexity index is 938. The molecule has 0 unspecified atom stereocenters. The van der Waals surface area contributed by atoms with Crippen molar-refractivity contribution in [3.63, 3.8) is 0 Å². The molecule has 3 rings (SSSR count). The molecule has 1 aromatic heterocycles. The van der Waals surface area contributed by atoms with Crippen LogP contribution in [0.4, 0.5) is 11.4 Å². The van der Waals surface area contributed by atoms with Gasteiger partial charge in [0.1, 0.15) is 0 Å². The number of nitrogens with one attached hydrogen (secondary N) is 1. The molecule has 1 heterocycles. The maximum atomic E-state index is 12.6. The third-order valence-corrected chi connectivity index (χ3v) is 4.90. The largest absolute Gasteiger partial charge is 0.459 e. The summed E-state index contributed by atoms with van der Waals surface area (Å²) in [6, 6.07) is 16.2. The SMILES string of the molecule is Cc1c(NC(=O)c2occc2CSc2ccccc2)cccc1[N+](=O)[O-]. The fourth-order valence-electron chi connectivity index (χ4n) is 2.46. The molecule has 0 aliphatic carbocycles. The highest BCUT2D eigenvalue weighted by atomic mass is 32.2. The Balaban J connectivity index is 1.74. The fourth-order valence-corrected chi connectivity index (χ4v) is 3.36. The van der Waals surface area contributed by atoms with Gasteiger partial charge in [0.05, 0.1) is 22.4 Å². The molecule has 1 N–H and O–H groups in total. The molecule has 0 aliphatic rings. The Morgan fingerprint density at radius 1 is 1.15 bits per heavy atom. The van der Waals surface area contributed by atoms with Crippen LogP contribution in [0.2, 0.25) is 0 Å².